The van der Waals surface area contributed by atoms with Crippen LogP contribution in [-0.4, -0.2) is 70.7 Å². The molecule has 0 bridgehead atoms. The maximum atomic E-state index is 12.7. The van der Waals surface area contributed by atoms with Gasteiger partial charge in [0.05, 0.1) is 34.4 Å². The minimum Gasteiger partial charge on any atom is -0.756 e. The van der Waals surface area contributed by atoms with Crippen LogP contribution in [0.1, 0.15) is 226 Å². The van der Waals surface area contributed by atoms with Gasteiger partial charge in [-0.15, -0.1) is 0 Å². The molecular weight excluding hydrogens is 697 g/mol. The monoisotopic (exact) mass is 790 g/mol. The molecular formula is C45H92NO7P. The van der Waals surface area contributed by atoms with E-state index in [2.05, 4.69) is 13.8 Å². The van der Waals surface area contributed by atoms with Crippen LogP contribution < -0.4 is 4.89 Å². The van der Waals surface area contributed by atoms with Crippen LogP contribution in [-0.2, 0) is 27.9 Å². The largest absolute Gasteiger partial charge is 0.756 e. The summed E-state index contributed by atoms with van der Waals surface area (Å²) in [5.74, 6) is -0.327. The van der Waals surface area contributed by atoms with Crippen molar-refractivity contribution in [3.8, 4) is 0 Å². The summed E-state index contributed by atoms with van der Waals surface area (Å²) in [4.78, 5) is 25.1. The zero-order valence-corrected chi connectivity index (χ0v) is 37.6. The lowest BCUT2D eigenvalue weighted by atomic mass is 10.0. The average Bonchev–Trinajstić information content (AvgIpc) is 3.12. The predicted octanol–water partition coefficient (Wildman–Crippen LogP) is 13.0. The van der Waals surface area contributed by atoms with Gasteiger partial charge in [0.1, 0.15) is 19.3 Å². The molecule has 0 spiro atoms. The number of hydrogen-bond donors (Lipinski definition) is 0. The highest BCUT2D eigenvalue weighted by Crippen LogP contribution is 2.38. The lowest BCUT2D eigenvalue weighted by molar-refractivity contribution is -0.870. The Morgan fingerprint density at radius 2 is 0.852 bits per heavy atom. The third kappa shape index (κ3) is 42.6. The molecule has 0 heterocycles. The first-order valence-electron chi connectivity index (χ1n) is 23.3. The van der Waals surface area contributed by atoms with E-state index in [-0.39, 0.29) is 25.8 Å². The molecule has 0 fully saturated rings. The van der Waals surface area contributed by atoms with Gasteiger partial charge >= 0.3 is 5.97 Å². The van der Waals surface area contributed by atoms with Gasteiger partial charge in [0.25, 0.3) is 7.82 Å². The number of nitrogens with zero attached hydrogens (tertiary/aromatic N) is 1. The van der Waals surface area contributed by atoms with Crippen molar-refractivity contribution in [2.45, 2.75) is 232 Å². The molecule has 9 heteroatoms. The fraction of sp³-hybridized carbons (Fsp3) is 0.978. The van der Waals surface area contributed by atoms with Gasteiger partial charge in [0, 0.05) is 13.0 Å². The lowest BCUT2D eigenvalue weighted by Gasteiger charge is -2.28. The molecule has 0 aromatic rings. The predicted molar refractivity (Wildman–Crippen MR) is 227 cm³/mol. The topological polar surface area (TPSA) is 94.1 Å². The number of unbranched alkanes of at least 4 members (excludes halogenated alkanes) is 30. The number of carbonyl (C=O) groups excluding carboxylic acids is 1. The summed E-state index contributed by atoms with van der Waals surface area (Å²) in [6.45, 7) is 5.47. The fourth-order valence-electron chi connectivity index (χ4n) is 6.78. The van der Waals surface area contributed by atoms with Crippen molar-refractivity contribution in [2.24, 2.45) is 0 Å². The Hall–Kier alpha value is -0.500. The lowest BCUT2D eigenvalue weighted by Crippen LogP contribution is -2.37. The van der Waals surface area contributed by atoms with Crippen molar-refractivity contribution in [2.75, 3.05) is 54.1 Å². The van der Waals surface area contributed by atoms with Crippen LogP contribution in [0.25, 0.3) is 0 Å². The molecule has 0 N–H and O–H groups in total. The fourth-order valence-corrected chi connectivity index (χ4v) is 7.51. The summed E-state index contributed by atoms with van der Waals surface area (Å²) in [7, 11) is 1.37. The highest BCUT2D eigenvalue weighted by Gasteiger charge is 2.20. The number of quaternary nitrogens is 1. The minimum atomic E-state index is -4.52. The van der Waals surface area contributed by atoms with Crippen LogP contribution in [0, 0.1) is 0 Å². The second kappa shape index (κ2) is 39.3. The van der Waals surface area contributed by atoms with E-state index in [0.717, 1.165) is 32.1 Å². The van der Waals surface area contributed by atoms with Crippen LogP contribution in [0.2, 0.25) is 0 Å². The van der Waals surface area contributed by atoms with Crippen LogP contribution in [0.3, 0.4) is 0 Å². The Kier molecular flexibility index (Phi) is 39.0. The summed E-state index contributed by atoms with van der Waals surface area (Å²) < 4.78 is 34.6. The molecule has 0 rings (SSSR count). The summed E-state index contributed by atoms with van der Waals surface area (Å²) >= 11 is 0. The van der Waals surface area contributed by atoms with Gasteiger partial charge in [-0.05, 0) is 12.8 Å². The molecule has 0 aromatic heterocycles. The smallest absolute Gasteiger partial charge is 0.306 e. The first-order chi connectivity index (χ1) is 26.1. The Labute approximate surface area is 336 Å². The second-order valence-corrected chi connectivity index (χ2v) is 18.5. The number of phosphoric ester groups is 1. The third-order valence-electron chi connectivity index (χ3n) is 10.4. The third-order valence-corrected chi connectivity index (χ3v) is 11.4. The number of carbonyl (C=O) groups is 1. The summed E-state index contributed by atoms with van der Waals surface area (Å²) in [6, 6.07) is 0. The minimum absolute atomic E-state index is 0.0314. The van der Waals surface area contributed by atoms with Crippen LogP contribution in [0.15, 0.2) is 0 Å². The van der Waals surface area contributed by atoms with Crippen LogP contribution in [0.5, 0.6) is 0 Å². The van der Waals surface area contributed by atoms with E-state index in [0.29, 0.717) is 24.1 Å². The highest BCUT2D eigenvalue weighted by atomic mass is 31.2. The zero-order valence-electron chi connectivity index (χ0n) is 36.7. The Balaban J connectivity index is 4.13. The van der Waals surface area contributed by atoms with Crippen molar-refractivity contribution in [1.82, 2.24) is 0 Å². The van der Waals surface area contributed by atoms with Gasteiger partial charge in [0.15, 0.2) is 0 Å². The molecule has 2 atom stereocenters. The van der Waals surface area contributed by atoms with Crippen LogP contribution in [0.4, 0.5) is 0 Å². The zero-order chi connectivity index (χ0) is 39.9. The molecule has 0 amide bonds. The molecule has 2 unspecified atom stereocenters. The van der Waals surface area contributed by atoms with Gasteiger partial charge in [-0.1, -0.05) is 206 Å². The van der Waals surface area contributed by atoms with Crippen molar-refractivity contribution >= 4 is 13.8 Å². The van der Waals surface area contributed by atoms with Crippen molar-refractivity contribution in [1.29, 1.82) is 0 Å². The van der Waals surface area contributed by atoms with E-state index >= 15 is 0 Å². The molecule has 8 nitrogen and oxygen atoms in total. The Bertz CT molecular complexity index is 837. The number of hydrogen-bond acceptors (Lipinski definition) is 7. The molecule has 0 aliphatic heterocycles. The number of likely N-dealkylation sites (N-methyl/N-ethyl adjacent to an activating group) is 1. The van der Waals surface area contributed by atoms with Gasteiger partial charge in [-0.25, -0.2) is 0 Å². The van der Waals surface area contributed by atoms with Gasteiger partial charge in [-0.2, -0.15) is 0 Å². The number of rotatable bonds is 44. The molecule has 0 radical (unpaired) electrons. The van der Waals surface area contributed by atoms with E-state index in [1.807, 2.05) is 21.1 Å². The number of phosphoric acid groups is 1. The van der Waals surface area contributed by atoms with Crippen LogP contribution >= 0.6 is 7.82 Å². The highest BCUT2D eigenvalue weighted by molar-refractivity contribution is 7.45. The van der Waals surface area contributed by atoms with Gasteiger partial charge in [-0.3, -0.25) is 9.36 Å². The van der Waals surface area contributed by atoms with Crippen molar-refractivity contribution in [3.05, 3.63) is 0 Å². The maximum Gasteiger partial charge on any atom is 0.306 e. The molecule has 0 aromatic carbocycles. The average molecular weight is 790 g/mol. The van der Waals surface area contributed by atoms with E-state index in [9.17, 15) is 14.3 Å². The van der Waals surface area contributed by atoms with E-state index in [1.165, 1.54) is 173 Å². The second-order valence-electron chi connectivity index (χ2n) is 17.1. The normalized spacial score (nSPS) is 13.7. The summed E-state index contributed by atoms with van der Waals surface area (Å²) in [6.07, 6.45) is 41.1. The molecule has 54 heavy (non-hydrogen) atoms. The van der Waals surface area contributed by atoms with E-state index < -0.39 is 13.9 Å². The molecule has 0 aliphatic carbocycles. The Morgan fingerprint density at radius 1 is 0.500 bits per heavy atom. The van der Waals surface area contributed by atoms with E-state index in [4.69, 9.17) is 18.5 Å². The SMILES string of the molecule is CCCCCCCCCCCCCCCCCCCCCC(=O)OC(COCCCCCCCCCCCCCCC)COP(=O)([O-])OCC[N+](C)(C)C. The molecule has 324 valence electrons. The summed E-state index contributed by atoms with van der Waals surface area (Å²) in [5, 5.41) is 0. The maximum absolute atomic E-state index is 12.7. The first kappa shape index (κ1) is 53.5. The van der Waals surface area contributed by atoms with E-state index in [1.54, 1.807) is 0 Å². The van der Waals surface area contributed by atoms with Gasteiger partial charge < -0.3 is 27.9 Å². The Morgan fingerprint density at radius 3 is 1.22 bits per heavy atom. The number of ether oxygens (including phenoxy) is 2. The first-order valence-corrected chi connectivity index (χ1v) is 24.7. The molecule has 0 aliphatic rings. The quantitative estimate of drug-likeness (QED) is 0.0262. The summed E-state index contributed by atoms with van der Waals surface area (Å²) in [5.41, 5.74) is 0. The van der Waals surface area contributed by atoms with Crippen molar-refractivity contribution in [3.63, 3.8) is 0 Å². The molecule has 0 saturated heterocycles. The van der Waals surface area contributed by atoms with Crippen molar-refractivity contribution < 1.29 is 37.3 Å². The standard InChI is InChI=1S/C45H92NO7P/c1-6-8-10-12-14-16-18-20-21-22-23-24-25-26-28-30-32-34-36-38-45(47)53-44(43-52-54(48,49)51-41-39-46(3,4)5)42-50-40-37-35-33-31-29-27-19-17-15-13-11-9-7-2/h44H,6-43H2,1-5H3. The number of esters is 1. The van der Waals surface area contributed by atoms with Gasteiger partial charge in [0.2, 0.25) is 0 Å². The molecule has 0 saturated carbocycles.